The van der Waals surface area contributed by atoms with E-state index in [0.29, 0.717) is 0 Å². The van der Waals surface area contributed by atoms with Gasteiger partial charge in [-0.2, -0.15) is 0 Å². The zero-order valence-electron chi connectivity index (χ0n) is 9.64. The van der Waals surface area contributed by atoms with Crippen LogP contribution in [0.3, 0.4) is 0 Å². The minimum Gasteiger partial charge on any atom is -0.353 e. The van der Waals surface area contributed by atoms with E-state index in [1.165, 1.54) is 16.2 Å². The fraction of sp³-hybridized carbons (Fsp3) is 0. The molecule has 0 spiro atoms. The van der Waals surface area contributed by atoms with Crippen LogP contribution in [0.5, 0.6) is 0 Å². The number of benzene rings is 2. The van der Waals surface area contributed by atoms with Gasteiger partial charge in [-0.05, 0) is 22.9 Å². The lowest BCUT2D eigenvalue weighted by atomic mass is 9.88. The monoisotopic (exact) mass is 228 g/mol. The third kappa shape index (κ3) is 1.16. The summed E-state index contributed by atoms with van der Waals surface area (Å²) in [5, 5.41) is 4.70. The molecule has 0 bridgehead atoms. The van der Waals surface area contributed by atoms with Crippen LogP contribution in [-0.4, -0.2) is 17.8 Å². The van der Waals surface area contributed by atoms with E-state index in [1.807, 2.05) is 36.7 Å². The van der Waals surface area contributed by atoms with Gasteiger partial charge in [-0.25, -0.2) is 0 Å². The molecule has 3 heteroatoms. The number of aromatic nitrogens is 2. The molecule has 0 aliphatic carbocycles. The summed E-state index contributed by atoms with van der Waals surface area (Å²) in [6.45, 7) is 0. The highest BCUT2D eigenvalue weighted by atomic mass is 14.7. The van der Waals surface area contributed by atoms with E-state index >= 15 is 0 Å². The van der Waals surface area contributed by atoms with Crippen LogP contribution < -0.4 is 5.46 Å². The Bertz CT molecular complexity index is 893. The normalized spacial score (nSPS) is 11.6. The van der Waals surface area contributed by atoms with Gasteiger partial charge in [0.2, 0.25) is 0 Å². The third-order valence-electron chi connectivity index (χ3n) is 3.44. The van der Waals surface area contributed by atoms with Crippen molar-refractivity contribution in [3.8, 4) is 0 Å². The van der Waals surface area contributed by atoms with Crippen molar-refractivity contribution in [1.29, 1.82) is 0 Å². The second-order valence-corrected chi connectivity index (χ2v) is 4.48. The van der Waals surface area contributed by atoms with Gasteiger partial charge in [0.05, 0.1) is 11.7 Å². The molecule has 0 atom stereocenters. The summed E-state index contributed by atoms with van der Waals surface area (Å²) >= 11 is 0. The standard InChI is InChI=1S/C15H9BN2/c16-12-7-13-15(10-4-2-1-3-9(10)12)11-5-6-17-8-14(11)18-13/h1-8,18H. The van der Waals surface area contributed by atoms with Crippen molar-refractivity contribution in [3.05, 3.63) is 48.8 Å². The minimum absolute atomic E-state index is 0.803. The summed E-state index contributed by atoms with van der Waals surface area (Å²) < 4.78 is 0. The van der Waals surface area contributed by atoms with Gasteiger partial charge in [-0.3, -0.25) is 4.98 Å². The Morgan fingerprint density at radius 2 is 1.78 bits per heavy atom. The van der Waals surface area contributed by atoms with Gasteiger partial charge in [-0.1, -0.05) is 29.7 Å². The Morgan fingerprint density at radius 1 is 0.944 bits per heavy atom. The number of aromatic amines is 1. The quantitative estimate of drug-likeness (QED) is 0.460. The highest BCUT2D eigenvalue weighted by Crippen LogP contribution is 2.30. The predicted octanol–water partition coefficient (Wildman–Crippen LogP) is 2.66. The number of hydrogen-bond acceptors (Lipinski definition) is 1. The zero-order valence-corrected chi connectivity index (χ0v) is 9.64. The van der Waals surface area contributed by atoms with Crippen LogP contribution in [0.2, 0.25) is 0 Å². The molecule has 4 rings (SSSR count). The lowest BCUT2D eigenvalue weighted by molar-refractivity contribution is 1.35. The molecule has 2 heterocycles. The van der Waals surface area contributed by atoms with Gasteiger partial charge in [0.1, 0.15) is 7.85 Å². The molecule has 2 radical (unpaired) electrons. The molecular formula is C15H9BN2. The maximum absolute atomic E-state index is 6.11. The SMILES string of the molecule is [B]c1cc2[nH]c3cnccc3c2c2ccccc12. The maximum Gasteiger partial charge on any atom is 0.114 e. The van der Waals surface area contributed by atoms with Crippen LogP contribution in [0.1, 0.15) is 0 Å². The van der Waals surface area contributed by atoms with E-state index in [1.54, 1.807) is 0 Å². The highest BCUT2D eigenvalue weighted by molar-refractivity contribution is 6.42. The number of H-pyrrole nitrogens is 1. The Kier molecular flexibility index (Phi) is 1.81. The molecule has 0 aliphatic heterocycles. The van der Waals surface area contributed by atoms with Gasteiger partial charge < -0.3 is 4.98 Å². The van der Waals surface area contributed by atoms with Gasteiger partial charge in [0.25, 0.3) is 0 Å². The highest BCUT2D eigenvalue weighted by Gasteiger charge is 2.09. The molecule has 0 unspecified atom stereocenters. The Balaban J connectivity index is 2.39. The average Bonchev–Trinajstić information content (AvgIpc) is 2.77. The first-order chi connectivity index (χ1) is 8.84. The molecule has 0 aliphatic rings. The van der Waals surface area contributed by atoms with E-state index in [9.17, 15) is 0 Å². The molecule has 0 saturated heterocycles. The summed E-state index contributed by atoms with van der Waals surface area (Å²) in [6.07, 6.45) is 3.67. The topological polar surface area (TPSA) is 28.7 Å². The molecule has 1 N–H and O–H groups in total. The number of nitrogens with zero attached hydrogens (tertiary/aromatic N) is 1. The smallest absolute Gasteiger partial charge is 0.114 e. The van der Waals surface area contributed by atoms with Crippen molar-refractivity contribution >= 4 is 45.9 Å². The molecule has 2 aromatic carbocycles. The van der Waals surface area contributed by atoms with Gasteiger partial charge in [-0.15, -0.1) is 0 Å². The molecule has 2 aromatic heterocycles. The molecule has 4 aromatic rings. The van der Waals surface area contributed by atoms with Crippen molar-refractivity contribution in [2.75, 3.05) is 0 Å². The van der Waals surface area contributed by atoms with Crippen LogP contribution in [0, 0.1) is 0 Å². The van der Waals surface area contributed by atoms with Crippen LogP contribution in [0.4, 0.5) is 0 Å². The molecule has 82 valence electrons. The van der Waals surface area contributed by atoms with E-state index in [2.05, 4.69) is 22.1 Å². The van der Waals surface area contributed by atoms with Crippen LogP contribution in [0.15, 0.2) is 48.8 Å². The lowest BCUT2D eigenvalue weighted by Crippen LogP contribution is -2.03. The van der Waals surface area contributed by atoms with Crippen LogP contribution in [0.25, 0.3) is 32.6 Å². The molecular weight excluding hydrogens is 219 g/mol. The largest absolute Gasteiger partial charge is 0.353 e. The number of rotatable bonds is 0. The summed E-state index contributed by atoms with van der Waals surface area (Å²) in [5.74, 6) is 0. The van der Waals surface area contributed by atoms with Crippen molar-refractivity contribution < 1.29 is 0 Å². The van der Waals surface area contributed by atoms with E-state index in [0.717, 1.165) is 21.9 Å². The second kappa shape index (κ2) is 3.36. The Hall–Kier alpha value is -2.29. The first-order valence-electron chi connectivity index (χ1n) is 5.87. The third-order valence-corrected chi connectivity index (χ3v) is 3.44. The molecule has 18 heavy (non-hydrogen) atoms. The average molecular weight is 228 g/mol. The molecule has 0 amide bonds. The van der Waals surface area contributed by atoms with E-state index < -0.39 is 0 Å². The first-order valence-corrected chi connectivity index (χ1v) is 5.87. The van der Waals surface area contributed by atoms with E-state index in [4.69, 9.17) is 7.85 Å². The first kappa shape index (κ1) is 9.72. The summed E-state index contributed by atoms with van der Waals surface area (Å²) in [7, 11) is 6.11. The van der Waals surface area contributed by atoms with Gasteiger partial charge in [0, 0.05) is 22.5 Å². The number of nitrogens with one attached hydrogen (secondary N) is 1. The molecule has 0 saturated carbocycles. The Morgan fingerprint density at radius 3 is 2.67 bits per heavy atom. The van der Waals surface area contributed by atoms with Crippen molar-refractivity contribution in [1.82, 2.24) is 9.97 Å². The van der Waals surface area contributed by atoms with Crippen molar-refractivity contribution in [3.63, 3.8) is 0 Å². The van der Waals surface area contributed by atoms with Gasteiger partial charge >= 0.3 is 0 Å². The predicted molar refractivity (Wildman–Crippen MR) is 76.5 cm³/mol. The van der Waals surface area contributed by atoms with Crippen molar-refractivity contribution in [2.24, 2.45) is 0 Å². The zero-order chi connectivity index (χ0) is 12.1. The molecule has 2 nitrogen and oxygen atoms in total. The summed E-state index contributed by atoms with van der Waals surface area (Å²) in [6, 6.07) is 12.3. The maximum atomic E-state index is 6.11. The lowest BCUT2D eigenvalue weighted by Gasteiger charge is -2.04. The van der Waals surface area contributed by atoms with Crippen LogP contribution in [-0.2, 0) is 0 Å². The van der Waals surface area contributed by atoms with Crippen molar-refractivity contribution in [2.45, 2.75) is 0 Å². The summed E-state index contributed by atoms with van der Waals surface area (Å²) in [5.41, 5.74) is 2.91. The summed E-state index contributed by atoms with van der Waals surface area (Å²) in [4.78, 5) is 7.52. The fourth-order valence-corrected chi connectivity index (χ4v) is 2.65. The number of hydrogen-bond donors (Lipinski definition) is 1. The Labute approximate surface area is 105 Å². The number of pyridine rings is 1. The molecule has 0 fully saturated rings. The number of fused-ring (bicyclic) bond motifs is 5. The minimum atomic E-state index is 0.803. The fourth-order valence-electron chi connectivity index (χ4n) is 2.65. The second-order valence-electron chi connectivity index (χ2n) is 4.48. The van der Waals surface area contributed by atoms with E-state index in [-0.39, 0.29) is 0 Å². The van der Waals surface area contributed by atoms with Crippen LogP contribution >= 0.6 is 0 Å². The van der Waals surface area contributed by atoms with Gasteiger partial charge in [0.15, 0.2) is 0 Å².